The molecule has 0 saturated heterocycles. The summed E-state index contributed by atoms with van der Waals surface area (Å²) in [6.07, 6.45) is 8.15. The quantitative estimate of drug-likeness (QED) is 0.576. The second-order valence-corrected chi connectivity index (χ2v) is 4.00. The van der Waals surface area contributed by atoms with Gasteiger partial charge in [0.2, 0.25) is 0 Å². The van der Waals surface area contributed by atoms with Crippen LogP contribution in [0.15, 0.2) is 12.2 Å². The van der Waals surface area contributed by atoms with Crippen LogP contribution in [0.2, 0.25) is 0 Å². The lowest BCUT2D eigenvalue weighted by Gasteiger charge is -2.12. The van der Waals surface area contributed by atoms with Crippen molar-refractivity contribution >= 4 is 11.8 Å². The number of rotatable bonds is 0. The lowest BCUT2D eigenvalue weighted by atomic mass is 10.1. The van der Waals surface area contributed by atoms with E-state index >= 15 is 0 Å². The molecule has 0 aromatic heterocycles. The monoisotopic (exact) mass is 210 g/mol. The minimum atomic E-state index is -0.406. The number of hydrogen-bond acceptors (Lipinski definition) is 3. The molecular formula is C12H18O3. The maximum Gasteiger partial charge on any atom is 0.331 e. The van der Waals surface area contributed by atoms with Crippen molar-refractivity contribution in [3.05, 3.63) is 12.2 Å². The van der Waals surface area contributed by atoms with Crippen LogP contribution < -0.4 is 0 Å². The molecular weight excluding hydrogens is 192 g/mol. The predicted molar refractivity (Wildman–Crippen MR) is 57.4 cm³/mol. The van der Waals surface area contributed by atoms with E-state index in [0.717, 1.165) is 32.1 Å². The number of allylic oxidation sites excluding steroid dienone is 1. The average Bonchev–Trinajstić information content (AvgIpc) is 2.18. The van der Waals surface area contributed by atoms with Crippen molar-refractivity contribution in [2.45, 2.75) is 51.6 Å². The Hall–Kier alpha value is -1.12. The molecule has 84 valence electrons. The van der Waals surface area contributed by atoms with Gasteiger partial charge >= 0.3 is 5.97 Å². The number of ether oxygens (including phenoxy) is 1. The molecule has 0 radical (unpaired) electrons. The number of carbonyl (C=O) groups excluding carboxylic acids is 2. The molecule has 0 aromatic rings. The van der Waals surface area contributed by atoms with Gasteiger partial charge in [-0.25, -0.2) is 4.79 Å². The topological polar surface area (TPSA) is 43.4 Å². The largest absolute Gasteiger partial charge is 0.460 e. The van der Waals surface area contributed by atoms with Gasteiger partial charge in [0.05, 0.1) is 6.10 Å². The van der Waals surface area contributed by atoms with Gasteiger partial charge in [-0.3, -0.25) is 4.79 Å². The molecule has 1 atom stereocenters. The van der Waals surface area contributed by atoms with Gasteiger partial charge in [-0.2, -0.15) is 0 Å². The molecule has 1 aliphatic rings. The summed E-state index contributed by atoms with van der Waals surface area (Å²) in [5, 5.41) is 0. The fourth-order valence-electron chi connectivity index (χ4n) is 1.63. The molecule has 0 amide bonds. The van der Waals surface area contributed by atoms with Crippen molar-refractivity contribution in [2.75, 3.05) is 0 Å². The Morgan fingerprint density at radius 1 is 1.13 bits per heavy atom. The lowest BCUT2D eigenvalue weighted by Crippen LogP contribution is -2.13. The summed E-state index contributed by atoms with van der Waals surface area (Å²) in [7, 11) is 0. The lowest BCUT2D eigenvalue weighted by molar-refractivity contribution is -0.142. The smallest absolute Gasteiger partial charge is 0.331 e. The number of cyclic esters (lactones) is 1. The van der Waals surface area contributed by atoms with Crippen molar-refractivity contribution in [3.63, 3.8) is 0 Å². The first-order valence-corrected chi connectivity index (χ1v) is 5.60. The zero-order chi connectivity index (χ0) is 11.1. The average molecular weight is 210 g/mol. The third kappa shape index (κ3) is 5.35. The van der Waals surface area contributed by atoms with Crippen LogP contribution in [0.4, 0.5) is 0 Å². The highest BCUT2D eigenvalue weighted by molar-refractivity contribution is 5.95. The fraction of sp³-hybridized carbons (Fsp3) is 0.667. The molecule has 1 heterocycles. The molecule has 0 bridgehead atoms. The van der Waals surface area contributed by atoms with Crippen LogP contribution in [0.25, 0.3) is 0 Å². The highest BCUT2D eigenvalue weighted by Gasteiger charge is 2.08. The van der Waals surface area contributed by atoms with Crippen LogP contribution in [0, 0.1) is 0 Å². The SMILES string of the molecule is C[C@@H]1CCCCCCC(=O)/C=C\C(=O)O1. The summed E-state index contributed by atoms with van der Waals surface area (Å²) >= 11 is 0. The van der Waals surface area contributed by atoms with E-state index in [1.807, 2.05) is 6.92 Å². The number of esters is 1. The van der Waals surface area contributed by atoms with Crippen LogP contribution in [0.3, 0.4) is 0 Å². The van der Waals surface area contributed by atoms with Crippen LogP contribution in [-0.4, -0.2) is 17.9 Å². The van der Waals surface area contributed by atoms with E-state index in [-0.39, 0.29) is 11.9 Å². The predicted octanol–water partition coefficient (Wildman–Crippen LogP) is 2.40. The van der Waals surface area contributed by atoms with Gasteiger partial charge in [0, 0.05) is 12.5 Å². The Labute approximate surface area is 90.5 Å². The molecule has 3 nitrogen and oxygen atoms in total. The van der Waals surface area contributed by atoms with Gasteiger partial charge < -0.3 is 4.74 Å². The van der Waals surface area contributed by atoms with E-state index in [1.165, 1.54) is 12.2 Å². The standard InChI is InChI=1S/C12H18O3/c1-10-6-4-2-3-5-7-11(13)8-9-12(14)15-10/h8-10H,2-7H2,1H3/b9-8-/t10-/m1/s1. The molecule has 15 heavy (non-hydrogen) atoms. The van der Waals surface area contributed by atoms with E-state index in [1.54, 1.807) is 0 Å². The highest BCUT2D eigenvalue weighted by Crippen LogP contribution is 2.11. The van der Waals surface area contributed by atoms with Gasteiger partial charge in [-0.05, 0) is 32.3 Å². The summed E-state index contributed by atoms with van der Waals surface area (Å²) in [6.45, 7) is 1.89. The third-order valence-electron chi connectivity index (χ3n) is 2.51. The first-order chi connectivity index (χ1) is 7.18. The highest BCUT2D eigenvalue weighted by atomic mass is 16.5. The van der Waals surface area contributed by atoms with Crippen molar-refractivity contribution in [1.29, 1.82) is 0 Å². The second-order valence-electron chi connectivity index (χ2n) is 4.00. The molecule has 1 aliphatic heterocycles. The molecule has 3 heteroatoms. The number of carbonyl (C=O) groups is 2. The molecule has 0 spiro atoms. The summed E-state index contributed by atoms with van der Waals surface area (Å²) in [5.41, 5.74) is 0. The molecule has 0 saturated carbocycles. The van der Waals surface area contributed by atoms with E-state index in [0.29, 0.717) is 6.42 Å². The summed E-state index contributed by atoms with van der Waals surface area (Å²) in [6, 6.07) is 0. The molecule has 0 unspecified atom stereocenters. The van der Waals surface area contributed by atoms with Crippen LogP contribution in [0.5, 0.6) is 0 Å². The van der Waals surface area contributed by atoms with Crippen LogP contribution in [0.1, 0.15) is 45.4 Å². The molecule has 0 aromatic carbocycles. The molecule has 0 aliphatic carbocycles. The summed E-state index contributed by atoms with van der Waals surface area (Å²) in [5.74, 6) is -0.392. The maximum atomic E-state index is 11.2. The van der Waals surface area contributed by atoms with Crippen LogP contribution >= 0.6 is 0 Å². The first-order valence-electron chi connectivity index (χ1n) is 5.60. The fourth-order valence-corrected chi connectivity index (χ4v) is 1.63. The zero-order valence-electron chi connectivity index (χ0n) is 9.20. The van der Waals surface area contributed by atoms with Crippen LogP contribution in [-0.2, 0) is 14.3 Å². The van der Waals surface area contributed by atoms with Crippen molar-refractivity contribution in [1.82, 2.24) is 0 Å². The molecule has 1 rings (SSSR count). The molecule has 0 fully saturated rings. The van der Waals surface area contributed by atoms with Gasteiger partial charge in [0.1, 0.15) is 0 Å². The van der Waals surface area contributed by atoms with Gasteiger partial charge in [-0.15, -0.1) is 0 Å². The minimum absolute atomic E-state index is 0.0141. The Morgan fingerprint density at radius 3 is 2.67 bits per heavy atom. The van der Waals surface area contributed by atoms with Gasteiger partial charge in [-0.1, -0.05) is 12.8 Å². The van der Waals surface area contributed by atoms with E-state index < -0.39 is 5.97 Å². The Morgan fingerprint density at radius 2 is 1.87 bits per heavy atom. The van der Waals surface area contributed by atoms with Gasteiger partial charge in [0.25, 0.3) is 0 Å². The first kappa shape index (κ1) is 12.0. The minimum Gasteiger partial charge on any atom is -0.460 e. The van der Waals surface area contributed by atoms with E-state index in [4.69, 9.17) is 4.74 Å². The number of ketones is 1. The summed E-state index contributed by atoms with van der Waals surface area (Å²) in [4.78, 5) is 22.4. The Balaban J connectivity index is 2.52. The van der Waals surface area contributed by atoms with Crippen molar-refractivity contribution in [3.8, 4) is 0 Å². The van der Waals surface area contributed by atoms with Gasteiger partial charge in [0.15, 0.2) is 5.78 Å². The number of hydrogen-bond donors (Lipinski definition) is 0. The zero-order valence-corrected chi connectivity index (χ0v) is 9.20. The van der Waals surface area contributed by atoms with Crippen molar-refractivity contribution in [2.24, 2.45) is 0 Å². The second kappa shape index (κ2) is 6.38. The third-order valence-corrected chi connectivity index (χ3v) is 2.51. The van der Waals surface area contributed by atoms with Crippen molar-refractivity contribution < 1.29 is 14.3 Å². The Kier molecular flexibility index (Phi) is 5.08. The normalized spacial score (nSPS) is 27.4. The van der Waals surface area contributed by atoms with E-state index in [9.17, 15) is 9.59 Å². The maximum absolute atomic E-state index is 11.2. The molecule has 0 N–H and O–H groups in total. The van der Waals surface area contributed by atoms with E-state index in [2.05, 4.69) is 0 Å². The Bertz CT molecular complexity index is 256. The summed E-state index contributed by atoms with van der Waals surface area (Å²) < 4.78 is 5.09.